The summed E-state index contributed by atoms with van der Waals surface area (Å²) >= 11 is 12.2. The largest absolute Gasteiger partial charge is 0.497 e. The summed E-state index contributed by atoms with van der Waals surface area (Å²) < 4.78 is 10.7. The van der Waals surface area contributed by atoms with E-state index in [2.05, 4.69) is 5.43 Å². The summed E-state index contributed by atoms with van der Waals surface area (Å²) in [5.74, 6) is 0.311. The van der Waals surface area contributed by atoms with Crippen LogP contribution in [0, 0.1) is 0 Å². The van der Waals surface area contributed by atoms with E-state index in [1.165, 1.54) is 0 Å². The first-order chi connectivity index (χ1) is 13.4. The highest BCUT2D eigenvalue weighted by atomic mass is 35.5. The molecule has 1 saturated heterocycles. The molecule has 0 atom stereocenters. The van der Waals surface area contributed by atoms with Crippen molar-refractivity contribution in [2.75, 3.05) is 14.2 Å². The fourth-order valence-electron chi connectivity index (χ4n) is 2.40. The van der Waals surface area contributed by atoms with Gasteiger partial charge in [0.25, 0.3) is 11.8 Å². The van der Waals surface area contributed by atoms with E-state index in [9.17, 15) is 9.59 Å². The highest BCUT2D eigenvalue weighted by molar-refractivity contribution is 8.26. The monoisotopic (exact) mass is 434 g/mol. The van der Waals surface area contributed by atoms with Crippen LogP contribution >= 0.6 is 35.6 Å². The number of benzene rings is 2. The lowest BCUT2D eigenvalue weighted by Crippen LogP contribution is -2.44. The van der Waals surface area contributed by atoms with E-state index in [1.807, 2.05) is 0 Å². The molecular weight excluding hydrogens is 420 g/mol. The number of nitrogens with one attached hydrogen (secondary N) is 1. The minimum atomic E-state index is -0.461. The zero-order chi connectivity index (χ0) is 20.3. The molecule has 2 amide bonds. The topological polar surface area (TPSA) is 67.9 Å². The van der Waals surface area contributed by atoms with Crippen molar-refractivity contribution in [1.29, 1.82) is 0 Å². The fourth-order valence-corrected chi connectivity index (χ4v) is 3.70. The Hall–Kier alpha value is -2.55. The first-order valence-corrected chi connectivity index (χ1v) is 9.59. The van der Waals surface area contributed by atoms with Crippen LogP contribution in [0.15, 0.2) is 47.4 Å². The third-order valence-electron chi connectivity index (χ3n) is 3.79. The molecule has 3 rings (SSSR count). The summed E-state index contributed by atoms with van der Waals surface area (Å²) in [5, 5.41) is 1.57. The van der Waals surface area contributed by atoms with Crippen molar-refractivity contribution >= 4 is 57.8 Å². The molecule has 9 heteroatoms. The predicted molar refractivity (Wildman–Crippen MR) is 113 cm³/mol. The van der Waals surface area contributed by atoms with Gasteiger partial charge in [-0.2, -0.15) is 5.01 Å². The van der Waals surface area contributed by atoms with Crippen LogP contribution in [-0.4, -0.2) is 35.4 Å². The van der Waals surface area contributed by atoms with Crippen molar-refractivity contribution in [3.05, 3.63) is 63.5 Å². The van der Waals surface area contributed by atoms with Crippen molar-refractivity contribution in [2.45, 2.75) is 0 Å². The van der Waals surface area contributed by atoms with E-state index in [0.29, 0.717) is 32.6 Å². The number of carbonyl (C=O) groups is 2. The Morgan fingerprint density at radius 2 is 1.75 bits per heavy atom. The molecule has 1 N–H and O–H groups in total. The quantitative estimate of drug-likeness (QED) is 0.568. The number of rotatable bonds is 5. The number of methoxy groups -OCH3 is 2. The van der Waals surface area contributed by atoms with Crippen molar-refractivity contribution in [3.63, 3.8) is 0 Å². The van der Waals surface area contributed by atoms with Gasteiger partial charge in [0.15, 0.2) is 4.32 Å². The van der Waals surface area contributed by atoms with Crippen molar-refractivity contribution < 1.29 is 19.1 Å². The number of carbonyl (C=O) groups excluding carboxylic acids is 2. The SMILES string of the molecule is COc1cc(/C=C2/SC(=S)N(NC(=O)c3ccc(Cl)cc3)C2=O)cc(OC)c1. The van der Waals surface area contributed by atoms with Gasteiger partial charge in [0.1, 0.15) is 11.5 Å². The van der Waals surface area contributed by atoms with Crippen LogP contribution in [0.25, 0.3) is 6.08 Å². The summed E-state index contributed by atoms with van der Waals surface area (Å²) in [5.41, 5.74) is 3.59. The number of nitrogens with zero attached hydrogens (tertiary/aromatic N) is 1. The molecule has 0 saturated carbocycles. The van der Waals surface area contributed by atoms with Crippen LogP contribution in [0.4, 0.5) is 0 Å². The molecule has 6 nitrogen and oxygen atoms in total. The molecule has 0 radical (unpaired) electrons. The Labute approximate surface area is 176 Å². The highest BCUT2D eigenvalue weighted by Gasteiger charge is 2.33. The van der Waals surface area contributed by atoms with E-state index >= 15 is 0 Å². The second kappa shape index (κ2) is 8.64. The van der Waals surface area contributed by atoms with Crippen LogP contribution in [-0.2, 0) is 4.79 Å². The first kappa shape index (κ1) is 20.2. The molecule has 28 heavy (non-hydrogen) atoms. The maximum absolute atomic E-state index is 12.7. The Balaban J connectivity index is 1.80. The molecule has 0 aromatic heterocycles. The van der Waals surface area contributed by atoms with Crippen molar-refractivity contribution in [3.8, 4) is 11.5 Å². The second-order valence-electron chi connectivity index (χ2n) is 5.61. The summed E-state index contributed by atoms with van der Waals surface area (Å²) in [4.78, 5) is 25.4. The van der Waals surface area contributed by atoms with Gasteiger partial charge in [0.05, 0.1) is 19.1 Å². The molecule has 2 aromatic carbocycles. The summed E-state index contributed by atoms with van der Waals surface area (Å²) in [7, 11) is 3.09. The normalized spacial score (nSPS) is 15.1. The molecule has 0 unspecified atom stereocenters. The standard InChI is InChI=1S/C19H15ClN2O4S2/c1-25-14-7-11(8-15(10-14)26-2)9-16-18(24)22(19(27)28-16)21-17(23)12-3-5-13(20)6-4-12/h3-10H,1-2H3,(H,21,23)/b16-9+. The Bertz CT molecular complexity index is 954. The molecule has 1 aliphatic heterocycles. The predicted octanol–water partition coefficient (Wildman–Crippen LogP) is 3.90. The minimum absolute atomic E-state index is 0.230. The van der Waals surface area contributed by atoms with Gasteiger partial charge in [-0.05, 0) is 60.3 Å². The molecule has 1 heterocycles. The van der Waals surface area contributed by atoms with E-state index in [4.69, 9.17) is 33.3 Å². The first-order valence-electron chi connectivity index (χ1n) is 7.99. The van der Waals surface area contributed by atoms with Gasteiger partial charge in [0, 0.05) is 16.7 Å². The molecule has 1 fully saturated rings. The third kappa shape index (κ3) is 4.46. The minimum Gasteiger partial charge on any atom is -0.497 e. The maximum atomic E-state index is 12.7. The van der Waals surface area contributed by atoms with E-state index < -0.39 is 11.8 Å². The van der Waals surface area contributed by atoms with Crippen molar-refractivity contribution in [2.24, 2.45) is 0 Å². The zero-order valence-corrected chi connectivity index (χ0v) is 17.3. The number of amides is 2. The van der Waals surface area contributed by atoms with Crippen LogP contribution in [0.5, 0.6) is 11.5 Å². The molecule has 1 aliphatic rings. The Morgan fingerprint density at radius 3 is 2.32 bits per heavy atom. The molecule has 0 aliphatic carbocycles. The number of thiocarbonyl (C=S) groups is 1. The summed E-state index contributed by atoms with van der Waals surface area (Å²) in [6.45, 7) is 0. The average Bonchev–Trinajstić information content (AvgIpc) is 2.95. The zero-order valence-electron chi connectivity index (χ0n) is 14.9. The van der Waals surface area contributed by atoms with Crippen molar-refractivity contribution in [1.82, 2.24) is 10.4 Å². The number of hydrogen-bond donors (Lipinski definition) is 1. The summed E-state index contributed by atoms with van der Waals surface area (Å²) in [6, 6.07) is 11.6. The summed E-state index contributed by atoms with van der Waals surface area (Å²) in [6.07, 6.45) is 1.67. The fraction of sp³-hybridized carbons (Fsp3) is 0.105. The molecular formula is C19H15ClN2O4S2. The van der Waals surface area contributed by atoms with Crippen LogP contribution < -0.4 is 14.9 Å². The number of halogens is 1. The lowest BCUT2D eigenvalue weighted by atomic mass is 10.2. The molecule has 0 spiro atoms. The Kier molecular flexibility index (Phi) is 6.23. The third-order valence-corrected chi connectivity index (χ3v) is 5.34. The van der Waals surface area contributed by atoms with Gasteiger partial charge in [-0.3, -0.25) is 15.0 Å². The molecule has 144 valence electrons. The van der Waals surface area contributed by atoms with Crippen LogP contribution in [0.2, 0.25) is 5.02 Å². The van der Waals surface area contributed by atoms with Gasteiger partial charge in [-0.25, -0.2) is 0 Å². The van der Waals surface area contributed by atoms with Gasteiger partial charge < -0.3 is 9.47 Å². The number of ether oxygens (including phenoxy) is 2. The maximum Gasteiger partial charge on any atom is 0.285 e. The van der Waals surface area contributed by atoms with Gasteiger partial charge in [-0.15, -0.1) is 0 Å². The van der Waals surface area contributed by atoms with Crippen LogP contribution in [0.1, 0.15) is 15.9 Å². The highest BCUT2D eigenvalue weighted by Crippen LogP contribution is 2.33. The lowest BCUT2D eigenvalue weighted by Gasteiger charge is -2.15. The van der Waals surface area contributed by atoms with Gasteiger partial charge in [0.2, 0.25) is 0 Å². The van der Waals surface area contributed by atoms with Gasteiger partial charge >= 0.3 is 0 Å². The van der Waals surface area contributed by atoms with E-state index in [-0.39, 0.29) is 4.32 Å². The van der Waals surface area contributed by atoms with E-state index in [0.717, 1.165) is 16.8 Å². The Morgan fingerprint density at radius 1 is 1.14 bits per heavy atom. The second-order valence-corrected chi connectivity index (χ2v) is 7.72. The van der Waals surface area contributed by atoms with Gasteiger partial charge in [-0.1, -0.05) is 23.4 Å². The average molecular weight is 435 g/mol. The number of hydrogen-bond acceptors (Lipinski definition) is 6. The van der Waals surface area contributed by atoms with E-state index in [1.54, 1.807) is 62.8 Å². The molecule has 2 aromatic rings. The molecule has 0 bridgehead atoms. The smallest absolute Gasteiger partial charge is 0.285 e. The number of hydrazine groups is 1. The number of thioether (sulfide) groups is 1. The van der Waals surface area contributed by atoms with Crippen LogP contribution in [0.3, 0.4) is 0 Å². The lowest BCUT2D eigenvalue weighted by molar-refractivity contribution is -0.123.